The number of anilines is 1. The summed E-state index contributed by atoms with van der Waals surface area (Å²) in [4.78, 5) is 0. The van der Waals surface area contributed by atoms with Crippen LogP contribution in [0.2, 0.25) is 0 Å². The zero-order chi connectivity index (χ0) is 13.1. The second-order valence-electron chi connectivity index (χ2n) is 4.44. The third kappa shape index (κ3) is 2.64. The molecule has 1 heterocycles. The molecule has 0 bridgehead atoms. The minimum atomic E-state index is 0.214. The molecular formula is C14H19N3O. The number of aryl methyl sites for hydroxylation is 2. The first-order valence-corrected chi connectivity index (χ1v) is 6.01. The fourth-order valence-corrected chi connectivity index (χ4v) is 2.08. The summed E-state index contributed by atoms with van der Waals surface area (Å²) in [7, 11) is 3.61. The first kappa shape index (κ1) is 12.5. The maximum atomic E-state index is 5.21. The lowest BCUT2D eigenvalue weighted by Crippen LogP contribution is -2.07. The Morgan fingerprint density at radius 3 is 2.78 bits per heavy atom. The third-order valence-corrected chi connectivity index (χ3v) is 2.97. The lowest BCUT2D eigenvalue weighted by Gasteiger charge is -2.15. The SMILES string of the molecule is COc1cccc(NC(C)c2cn(C)nc2C)c1. The van der Waals surface area contributed by atoms with Gasteiger partial charge in [0, 0.05) is 30.6 Å². The summed E-state index contributed by atoms with van der Waals surface area (Å²) in [6, 6.07) is 8.15. The first-order valence-electron chi connectivity index (χ1n) is 6.01. The molecule has 1 aromatic carbocycles. The van der Waals surface area contributed by atoms with Crippen LogP contribution in [0.5, 0.6) is 5.75 Å². The van der Waals surface area contributed by atoms with E-state index in [2.05, 4.69) is 17.3 Å². The Morgan fingerprint density at radius 1 is 1.39 bits per heavy atom. The zero-order valence-corrected chi connectivity index (χ0v) is 11.3. The average Bonchev–Trinajstić information content (AvgIpc) is 2.69. The van der Waals surface area contributed by atoms with Crippen LogP contribution in [0.25, 0.3) is 0 Å². The molecular weight excluding hydrogens is 226 g/mol. The van der Waals surface area contributed by atoms with E-state index in [1.807, 2.05) is 49.1 Å². The Kier molecular flexibility index (Phi) is 3.55. The predicted molar refractivity (Wildman–Crippen MR) is 73.0 cm³/mol. The molecule has 96 valence electrons. The van der Waals surface area contributed by atoms with E-state index in [0.717, 1.165) is 17.1 Å². The monoisotopic (exact) mass is 245 g/mol. The minimum absolute atomic E-state index is 0.214. The summed E-state index contributed by atoms with van der Waals surface area (Å²) in [6.45, 7) is 4.16. The van der Waals surface area contributed by atoms with Crippen LogP contribution in [0.15, 0.2) is 30.5 Å². The molecule has 0 fully saturated rings. The molecule has 1 aromatic heterocycles. The maximum absolute atomic E-state index is 5.21. The second kappa shape index (κ2) is 5.12. The predicted octanol–water partition coefficient (Wildman–Crippen LogP) is 2.91. The van der Waals surface area contributed by atoms with Crippen LogP contribution in [-0.2, 0) is 7.05 Å². The highest BCUT2D eigenvalue weighted by atomic mass is 16.5. The number of aromatic nitrogens is 2. The van der Waals surface area contributed by atoms with Gasteiger partial charge in [-0.15, -0.1) is 0 Å². The average molecular weight is 245 g/mol. The lowest BCUT2D eigenvalue weighted by molar-refractivity contribution is 0.415. The van der Waals surface area contributed by atoms with Gasteiger partial charge in [0.2, 0.25) is 0 Å². The molecule has 0 spiro atoms. The van der Waals surface area contributed by atoms with Crippen LogP contribution in [0, 0.1) is 6.92 Å². The van der Waals surface area contributed by atoms with Gasteiger partial charge in [0.15, 0.2) is 0 Å². The number of benzene rings is 1. The van der Waals surface area contributed by atoms with Crippen molar-refractivity contribution < 1.29 is 4.74 Å². The highest BCUT2D eigenvalue weighted by Gasteiger charge is 2.11. The molecule has 2 aromatic rings. The van der Waals surface area contributed by atoms with Crippen molar-refractivity contribution in [3.05, 3.63) is 41.7 Å². The summed E-state index contributed by atoms with van der Waals surface area (Å²) >= 11 is 0. The lowest BCUT2D eigenvalue weighted by atomic mass is 10.1. The van der Waals surface area contributed by atoms with Gasteiger partial charge >= 0.3 is 0 Å². The topological polar surface area (TPSA) is 39.1 Å². The van der Waals surface area contributed by atoms with E-state index >= 15 is 0 Å². The standard InChI is InChI=1S/C14H19N3O/c1-10(14-9-17(3)16-11(14)2)15-12-6-5-7-13(8-12)18-4/h5-10,15H,1-4H3. The van der Waals surface area contributed by atoms with Crippen LogP contribution in [0.1, 0.15) is 24.2 Å². The van der Waals surface area contributed by atoms with E-state index in [-0.39, 0.29) is 6.04 Å². The number of hydrogen-bond acceptors (Lipinski definition) is 3. The largest absolute Gasteiger partial charge is 0.497 e. The van der Waals surface area contributed by atoms with Crippen molar-refractivity contribution in [1.29, 1.82) is 0 Å². The highest BCUT2D eigenvalue weighted by molar-refractivity contribution is 5.49. The Morgan fingerprint density at radius 2 is 2.17 bits per heavy atom. The van der Waals surface area contributed by atoms with Gasteiger partial charge in [-0.2, -0.15) is 5.10 Å². The molecule has 2 rings (SSSR count). The van der Waals surface area contributed by atoms with Gasteiger partial charge < -0.3 is 10.1 Å². The summed E-state index contributed by atoms with van der Waals surface area (Å²) in [6.07, 6.45) is 2.05. The highest BCUT2D eigenvalue weighted by Crippen LogP contribution is 2.23. The summed E-state index contributed by atoms with van der Waals surface area (Å²) in [5.41, 5.74) is 3.31. The van der Waals surface area contributed by atoms with Crippen LogP contribution >= 0.6 is 0 Å². The molecule has 0 aliphatic carbocycles. The molecule has 1 atom stereocenters. The fraction of sp³-hybridized carbons (Fsp3) is 0.357. The van der Waals surface area contributed by atoms with E-state index in [1.165, 1.54) is 5.56 Å². The van der Waals surface area contributed by atoms with Crippen LogP contribution in [0.3, 0.4) is 0 Å². The van der Waals surface area contributed by atoms with Gasteiger partial charge in [-0.3, -0.25) is 4.68 Å². The van der Waals surface area contributed by atoms with Crippen LogP contribution in [0.4, 0.5) is 5.69 Å². The van der Waals surface area contributed by atoms with Crippen molar-refractivity contribution >= 4 is 5.69 Å². The Bertz CT molecular complexity index is 534. The molecule has 0 saturated carbocycles. The van der Waals surface area contributed by atoms with E-state index < -0.39 is 0 Å². The van der Waals surface area contributed by atoms with E-state index in [1.54, 1.807) is 7.11 Å². The van der Waals surface area contributed by atoms with Crippen molar-refractivity contribution in [1.82, 2.24) is 9.78 Å². The fourth-order valence-electron chi connectivity index (χ4n) is 2.08. The molecule has 0 radical (unpaired) electrons. The van der Waals surface area contributed by atoms with Crippen molar-refractivity contribution in [3.8, 4) is 5.75 Å². The molecule has 0 aliphatic rings. The molecule has 1 N–H and O–H groups in total. The molecule has 18 heavy (non-hydrogen) atoms. The summed E-state index contributed by atoms with van der Waals surface area (Å²) < 4.78 is 7.06. The number of rotatable bonds is 4. The van der Waals surface area contributed by atoms with Crippen LogP contribution < -0.4 is 10.1 Å². The van der Waals surface area contributed by atoms with E-state index in [4.69, 9.17) is 4.74 Å². The maximum Gasteiger partial charge on any atom is 0.120 e. The van der Waals surface area contributed by atoms with Crippen molar-refractivity contribution in [2.24, 2.45) is 7.05 Å². The summed E-state index contributed by atoms with van der Waals surface area (Å²) in [5, 5.41) is 7.81. The van der Waals surface area contributed by atoms with Gasteiger partial charge in [0.1, 0.15) is 5.75 Å². The zero-order valence-electron chi connectivity index (χ0n) is 11.3. The number of methoxy groups -OCH3 is 1. The van der Waals surface area contributed by atoms with Gasteiger partial charge in [0.05, 0.1) is 18.8 Å². The third-order valence-electron chi connectivity index (χ3n) is 2.97. The Labute approximate surface area is 108 Å². The van der Waals surface area contributed by atoms with E-state index in [9.17, 15) is 0 Å². The minimum Gasteiger partial charge on any atom is -0.497 e. The number of nitrogens with zero attached hydrogens (tertiary/aromatic N) is 2. The van der Waals surface area contributed by atoms with Crippen LogP contribution in [-0.4, -0.2) is 16.9 Å². The molecule has 4 nitrogen and oxygen atoms in total. The van der Waals surface area contributed by atoms with Crippen molar-refractivity contribution in [2.75, 3.05) is 12.4 Å². The Balaban J connectivity index is 2.15. The smallest absolute Gasteiger partial charge is 0.120 e. The molecule has 0 saturated heterocycles. The summed E-state index contributed by atoms with van der Waals surface area (Å²) in [5.74, 6) is 0.857. The van der Waals surface area contributed by atoms with Gasteiger partial charge in [-0.25, -0.2) is 0 Å². The molecule has 1 unspecified atom stereocenters. The van der Waals surface area contributed by atoms with Crippen molar-refractivity contribution in [3.63, 3.8) is 0 Å². The number of ether oxygens (including phenoxy) is 1. The van der Waals surface area contributed by atoms with Crippen molar-refractivity contribution in [2.45, 2.75) is 19.9 Å². The molecule has 0 amide bonds. The normalized spacial score (nSPS) is 12.2. The second-order valence-corrected chi connectivity index (χ2v) is 4.44. The Hall–Kier alpha value is -1.97. The first-order chi connectivity index (χ1) is 8.60. The van der Waals surface area contributed by atoms with Gasteiger partial charge in [-0.05, 0) is 26.0 Å². The number of hydrogen-bond donors (Lipinski definition) is 1. The molecule has 4 heteroatoms. The molecule has 0 aliphatic heterocycles. The quantitative estimate of drug-likeness (QED) is 0.900. The number of nitrogens with one attached hydrogen (secondary N) is 1. The van der Waals surface area contributed by atoms with E-state index in [0.29, 0.717) is 0 Å². The van der Waals surface area contributed by atoms with Gasteiger partial charge in [-0.1, -0.05) is 6.07 Å². The van der Waals surface area contributed by atoms with Gasteiger partial charge in [0.25, 0.3) is 0 Å².